The number of aliphatic hydroxyl groups excluding tert-OH is 2. The molecule has 3 fully saturated rings. The van der Waals surface area contributed by atoms with Crippen LogP contribution in [0.2, 0.25) is 0 Å². The second kappa shape index (κ2) is 9.64. The largest absolute Gasteiger partial charge is 0.481 e. The highest BCUT2D eigenvalue weighted by Crippen LogP contribution is 2.61. The molecular weight excluding hydrogens is 368 g/mol. The Morgan fingerprint density at radius 1 is 1.31 bits per heavy atom. The summed E-state index contributed by atoms with van der Waals surface area (Å²) in [6.07, 6.45) is 9.39. The summed E-state index contributed by atoms with van der Waals surface area (Å²) in [5.41, 5.74) is 0.730. The van der Waals surface area contributed by atoms with Crippen molar-refractivity contribution in [3.05, 3.63) is 11.6 Å². The number of rotatable bonds is 6. The lowest BCUT2D eigenvalue weighted by Gasteiger charge is -2.62. The highest BCUT2D eigenvalue weighted by atomic mass is 16.5. The summed E-state index contributed by atoms with van der Waals surface area (Å²) in [5, 5.41) is 30.3. The monoisotopic (exact) mass is 404 g/mol. The van der Waals surface area contributed by atoms with Crippen LogP contribution in [0.4, 0.5) is 0 Å². The minimum Gasteiger partial charge on any atom is -0.481 e. The Bertz CT molecular complexity index is 668. The Labute approximate surface area is 174 Å². The van der Waals surface area contributed by atoms with E-state index in [9.17, 15) is 15.0 Å². The standard InChI is InChI=1S/C24H36O5/c1-3-17-19(10-7-11-22(27)28)24(29-2)15-14-21(26)18(23(17)24)12-13-20(25)16-8-5-4-6-9-16/h10,16-18,20-21,23,25-26H,3-9,11,14-15H2,1-2H3,(H,27,28). The van der Waals surface area contributed by atoms with Gasteiger partial charge in [0.15, 0.2) is 0 Å². The Morgan fingerprint density at radius 3 is 2.66 bits per heavy atom. The average molecular weight is 405 g/mol. The molecule has 5 nitrogen and oxygen atoms in total. The zero-order chi connectivity index (χ0) is 21.0. The van der Waals surface area contributed by atoms with Crippen molar-refractivity contribution in [2.24, 2.45) is 23.7 Å². The van der Waals surface area contributed by atoms with Gasteiger partial charge in [0.25, 0.3) is 0 Å². The molecule has 0 spiro atoms. The van der Waals surface area contributed by atoms with Crippen molar-refractivity contribution in [2.75, 3.05) is 7.11 Å². The number of fused-ring (bicyclic) bond motifs is 1. The quantitative estimate of drug-likeness (QED) is 0.466. The van der Waals surface area contributed by atoms with E-state index in [1.165, 1.54) is 12.0 Å². The molecular formula is C24H36O5. The summed E-state index contributed by atoms with van der Waals surface area (Å²) in [6.45, 7) is 2.12. The third-order valence-electron chi connectivity index (χ3n) is 7.49. The third-order valence-corrected chi connectivity index (χ3v) is 7.49. The Hall–Kier alpha value is -1.35. The molecule has 3 rings (SSSR count). The molecule has 3 N–H and O–H groups in total. The fourth-order valence-corrected chi connectivity index (χ4v) is 6.00. The van der Waals surface area contributed by atoms with Crippen molar-refractivity contribution in [3.63, 3.8) is 0 Å². The maximum absolute atomic E-state index is 10.9. The van der Waals surface area contributed by atoms with E-state index in [4.69, 9.17) is 9.84 Å². The molecule has 6 unspecified atom stereocenters. The number of aliphatic hydroxyl groups is 2. The van der Waals surface area contributed by atoms with Gasteiger partial charge in [-0.1, -0.05) is 44.1 Å². The number of methoxy groups -OCH3 is 1. The van der Waals surface area contributed by atoms with E-state index >= 15 is 0 Å². The predicted molar refractivity (Wildman–Crippen MR) is 111 cm³/mol. The van der Waals surface area contributed by atoms with Crippen molar-refractivity contribution in [1.82, 2.24) is 0 Å². The van der Waals surface area contributed by atoms with Gasteiger partial charge >= 0.3 is 5.97 Å². The van der Waals surface area contributed by atoms with Crippen LogP contribution in [0.1, 0.15) is 71.1 Å². The van der Waals surface area contributed by atoms with Gasteiger partial charge in [0.05, 0.1) is 17.6 Å². The number of carboxylic acids is 1. The van der Waals surface area contributed by atoms with Crippen LogP contribution >= 0.6 is 0 Å². The van der Waals surface area contributed by atoms with Crippen LogP contribution in [0.25, 0.3) is 0 Å². The highest BCUT2D eigenvalue weighted by molar-refractivity contribution is 5.66. The van der Waals surface area contributed by atoms with Gasteiger partial charge < -0.3 is 20.1 Å². The lowest BCUT2D eigenvalue weighted by Crippen LogP contribution is -2.64. The van der Waals surface area contributed by atoms with Crippen LogP contribution in [0, 0.1) is 35.5 Å². The molecule has 0 aromatic heterocycles. The maximum atomic E-state index is 10.9. The molecule has 162 valence electrons. The van der Waals surface area contributed by atoms with Crippen molar-refractivity contribution >= 4 is 5.97 Å². The molecule has 0 aromatic carbocycles. The van der Waals surface area contributed by atoms with Gasteiger partial charge in [-0.3, -0.25) is 4.79 Å². The summed E-state index contributed by atoms with van der Waals surface area (Å²) in [6, 6.07) is 0. The molecule has 0 heterocycles. The minimum absolute atomic E-state index is 0.0865. The first-order valence-corrected chi connectivity index (χ1v) is 11.3. The lowest BCUT2D eigenvalue weighted by atomic mass is 9.47. The van der Waals surface area contributed by atoms with Crippen LogP contribution in [0.15, 0.2) is 11.6 Å². The topological polar surface area (TPSA) is 87.0 Å². The first-order chi connectivity index (χ1) is 13.9. The van der Waals surface area contributed by atoms with Gasteiger partial charge in [-0.25, -0.2) is 0 Å². The molecule has 3 aliphatic carbocycles. The van der Waals surface area contributed by atoms with Crippen LogP contribution in [-0.2, 0) is 9.53 Å². The second-order valence-corrected chi connectivity index (χ2v) is 8.99. The van der Waals surface area contributed by atoms with Crippen molar-refractivity contribution in [1.29, 1.82) is 0 Å². The molecule has 0 saturated heterocycles. The summed E-state index contributed by atoms with van der Waals surface area (Å²) in [5.74, 6) is 5.92. The number of hydrogen-bond donors (Lipinski definition) is 3. The van der Waals surface area contributed by atoms with Crippen LogP contribution < -0.4 is 0 Å². The van der Waals surface area contributed by atoms with Gasteiger partial charge in [-0.05, 0) is 55.9 Å². The fourth-order valence-electron chi connectivity index (χ4n) is 6.00. The van der Waals surface area contributed by atoms with E-state index in [1.54, 1.807) is 7.11 Å². The number of hydrogen-bond acceptors (Lipinski definition) is 4. The van der Waals surface area contributed by atoms with Gasteiger partial charge in [-0.2, -0.15) is 0 Å². The zero-order valence-electron chi connectivity index (χ0n) is 17.8. The zero-order valence-corrected chi connectivity index (χ0v) is 17.8. The lowest BCUT2D eigenvalue weighted by molar-refractivity contribution is -0.166. The minimum atomic E-state index is -0.795. The number of ether oxygens (including phenoxy) is 1. The van der Waals surface area contributed by atoms with E-state index in [2.05, 4.69) is 18.8 Å². The number of carbonyl (C=O) groups is 1. The van der Waals surface area contributed by atoms with E-state index in [0.29, 0.717) is 12.8 Å². The molecule has 29 heavy (non-hydrogen) atoms. The number of aliphatic carboxylic acids is 1. The SMILES string of the molecule is CCC1C(=CCCC(=O)O)C2(OC)CCC(O)C(C#CC(O)C3CCCCC3)C12. The Balaban J connectivity index is 1.80. The van der Waals surface area contributed by atoms with Crippen molar-refractivity contribution in [3.8, 4) is 11.8 Å². The van der Waals surface area contributed by atoms with Crippen LogP contribution in [0.3, 0.4) is 0 Å². The van der Waals surface area contributed by atoms with Crippen molar-refractivity contribution in [2.45, 2.75) is 88.9 Å². The molecule has 0 bridgehead atoms. The molecule has 0 amide bonds. The molecule has 0 aliphatic heterocycles. The summed E-state index contributed by atoms with van der Waals surface area (Å²) in [4.78, 5) is 10.9. The third kappa shape index (κ3) is 4.40. The summed E-state index contributed by atoms with van der Waals surface area (Å²) in [7, 11) is 1.71. The van der Waals surface area contributed by atoms with E-state index < -0.39 is 23.8 Å². The second-order valence-electron chi connectivity index (χ2n) is 8.99. The molecule has 3 aliphatic rings. The van der Waals surface area contributed by atoms with E-state index in [0.717, 1.165) is 38.5 Å². The van der Waals surface area contributed by atoms with Gasteiger partial charge in [-0.15, -0.1) is 0 Å². The van der Waals surface area contributed by atoms with Gasteiger partial charge in [0.1, 0.15) is 6.10 Å². The number of allylic oxidation sites excluding steroid dienone is 1. The number of carboxylic acid groups (broad SMARTS) is 1. The van der Waals surface area contributed by atoms with Crippen molar-refractivity contribution < 1.29 is 24.9 Å². The van der Waals surface area contributed by atoms with Crippen LogP contribution in [-0.4, -0.2) is 46.2 Å². The Morgan fingerprint density at radius 2 is 2.03 bits per heavy atom. The van der Waals surface area contributed by atoms with E-state index in [-0.39, 0.29) is 30.1 Å². The molecule has 5 heteroatoms. The smallest absolute Gasteiger partial charge is 0.303 e. The molecule has 0 aromatic rings. The molecule has 3 saturated carbocycles. The van der Waals surface area contributed by atoms with Gasteiger partial charge in [0, 0.05) is 19.4 Å². The Kier molecular flexibility index (Phi) is 7.42. The summed E-state index contributed by atoms with van der Waals surface area (Å²) < 4.78 is 6.02. The van der Waals surface area contributed by atoms with Gasteiger partial charge in [0.2, 0.25) is 0 Å². The van der Waals surface area contributed by atoms with E-state index in [1.807, 2.05) is 6.08 Å². The first kappa shape index (κ1) is 22.3. The average Bonchev–Trinajstić information content (AvgIpc) is 2.72. The maximum Gasteiger partial charge on any atom is 0.303 e. The first-order valence-electron chi connectivity index (χ1n) is 11.3. The van der Waals surface area contributed by atoms with Crippen LogP contribution in [0.5, 0.6) is 0 Å². The molecule has 0 radical (unpaired) electrons. The summed E-state index contributed by atoms with van der Waals surface area (Å²) >= 11 is 0. The fraction of sp³-hybridized carbons (Fsp3) is 0.792. The molecule has 6 atom stereocenters. The normalized spacial score (nSPS) is 37.2. The highest BCUT2D eigenvalue weighted by Gasteiger charge is 2.63. The predicted octanol–water partition coefficient (Wildman–Crippen LogP) is 3.53.